The van der Waals surface area contributed by atoms with Crippen LogP contribution >= 0.6 is 11.3 Å². The van der Waals surface area contributed by atoms with E-state index < -0.39 is 0 Å². The Labute approximate surface area is 171 Å². The number of hydrogen-bond acceptors (Lipinski definition) is 6. The maximum absolute atomic E-state index is 11.3. The molecule has 0 aromatic carbocycles. The van der Waals surface area contributed by atoms with E-state index in [1.807, 2.05) is 12.3 Å². The van der Waals surface area contributed by atoms with Gasteiger partial charge in [-0.05, 0) is 67.3 Å². The number of pyridine rings is 1. The average molecular weight is 402 g/mol. The molecular weight excluding hydrogens is 370 g/mol. The molecular formula is C21H31N5OS. The summed E-state index contributed by atoms with van der Waals surface area (Å²) < 4.78 is 0. The molecule has 0 bridgehead atoms. The molecule has 1 amide bonds. The van der Waals surface area contributed by atoms with Crippen molar-refractivity contribution in [2.24, 2.45) is 5.73 Å². The number of aromatic nitrogens is 1. The zero-order chi connectivity index (χ0) is 19.9. The van der Waals surface area contributed by atoms with Crippen LogP contribution in [-0.2, 0) is 11.3 Å². The van der Waals surface area contributed by atoms with Gasteiger partial charge in [0.15, 0.2) is 0 Å². The zero-order valence-corrected chi connectivity index (χ0v) is 17.6. The number of amides is 1. The molecule has 1 aliphatic rings. The highest BCUT2D eigenvalue weighted by Crippen LogP contribution is 2.27. The smallest absolute Gasteiger partial charge is 0.222 e. The molecule has 0 saturated carbocycles. The fraction of sp³-hybridized carbons (Fsp3) is 0.524. The molecule has 3 N–H and O–H groups in total. The molecule has 1 aliphatic heterocycles. The number of carbonyl (C=O) groups is 1. The Morgan fingerprint density at radius 1 is 1.39 bits per heavy atom. The fourth-order valence-electron chi connectivity index (χ4n) is 3.88. The summed E-state index contributed by atoms with van der Waals surface area (Å²) in [6.07, 6.45) is 5.19. The fourth-order valence-corrected chi connectivity index (χ4v) is 4.54. The molecule has 2 aromatic heterocycles. The third-order valence-electron chi connectivity index (χ3n) is 5.46. The maximum Gasteiger partial charge on any atom is 0.222 e. The third-order valence-corrected chi connectivity index (χ3v) is 6.20. The summed E-state index contributed by atoms with van der Waals surface area (Å²) in [5, 5.41) is 7.08. The standard InChI is InChI=1S/C21H31N5OS/c1-16(5-9-22)25-10-6-19(7-11-25)26(14-18-8-12-28-15-18)20-3-4-21(23-13-20)24-17(2)27/h3-4,8,12-13,15-16,19H,5-7,9-11,14,22H2,1-2H3,(H,23,24,27)/t16-/m1/s1. The minimum absolute atomic E-state index is 0.102. The van der Waals surface area contributed by atoms with E-state index in [1.165, 1.54) is 12.5 Å². The van der Waals surface area contributed by atoms with Crippen LogP contribution in [0.15, 0.2) is 35.2 Å². The topological polar surface area (TPSA) is 74.5 Å². The van der Waals surface area contributed by atoms with Gasteiger partial charge in [0, 0.05) is 38.6 Å². The largest absolute Gasteiger partial charge is 0.363 e. The van der Waals surface area contributed by atoms with Crippen LogP contribution in [0.2, 0.25) is 0 Å². The number of hydrogen-bond donors (Lipinski definition) is 2. The number of piperidine rings is 1. The second-order valence-electron chi connectivity index (χ2n) is 7.54. The van der Waals surface area contributed by atoms with Gasteiger partial charge < -0.3 is 20.9 Å². The van der Waals surface area contributed by atoms with Gasteiger partial charge >= 0.3 is 0 Å². The highest BCUT2D eigenvalue weighted by Gasteiger charge is 2.27. The molecule has 1 atom stereocenters. The molecule has 28 heavy (non-hydrogen) atoms. The van der Waals surface area contributed by atoms with E-state index in [-0.39, 0.29) is 5.91 Å². The van der Waals surface area contributed by atoms with Crippen LogP contribution < -0.4 is 16.0 Å². The van der Waals surface area contributed by atoms with E-state index in [1.54, 1.807) is 11.3 Å². The first-order valence-corrected chi connectivity index (χ1v) is 11.0. The van der Waals surface area contributed by atoms with Gasteiger partial charge in [-0.25, -0.2) is 4.98 Å². The van der Waals surface area contributed by atoms with E-state index in [2.05, 4.69) is 49.9 Å². The maximum atomic E-state index is 11.3. The van der Waals surface area contributed by atoms with E-state index in [9.17, 15) is 4.79 Å². The van der Waals surface area contributed by atoms with Gasteiger partial charge in [-0.15, -0.1) is 0 Å². The lowest BCUT2D eigenvalue weighted by atomic mass is 9.99. The summed E-state index contributed by atoms with van der Waals surface area (Å²) in [5.74, 6) is 0.492. The van der Waals surface area contributed by atoms with Crippen LogP contribution in [0, 0.1) is 0 Å². The van der Waals surface area contributed by atoms with Gasteiger partial charge in [0.2, 0.25) is 5.91 Å². The zero-order valence-electron chi connectivity index (χ0n) is 16.8. The van der Waals surface area contributed by atoms with Crippen molar-refractivity contribution in [2.75, 3.05) is 29.9 Å². The molecule has 2 aromatic rings. The molecule has 6 nitrogen and oxygen atoms in total. The number of rotatable bonds is 8. The Bertz CT molecular complexity index is 726. The van der Waals surface area contributed by atoms with Gasteiger partial charge in [-0.2, -0.15) is 11.3 Å². The minimum Gasteiger partial charge on any atom is -0.363 e. The molecule has 1 fully saturated rings. The lowest BCUT2D eigenvalue weighted by molar-refractivity contribution is -0.114. The second-order valence-corrected chi connectivity index (χ2v) is 8.32. The van der Waals surface area contributed by atoms with Crippen molar-refractivity contribution >= 4 is 28.7 Å². The number of anilines is 2. The van der Waals surface area contributed by atoms with Gasteiger partial charge in [0.25, 0.3) is 0 Å². The second kappa shape index (κ2) is 10.0. The molecule has 152 valence electrons. The SMILES string of the molecule is CC(=O)Nc1ccc(N(Cc2ccsc2)C2CCN([C@H](C)CCN)CC2)cn1. The number of nitrogens with zero attached hydrogens (tertiary/aromatic N) is 3. The molecule has 0 aliphatic carbocycles. The van der Waals surface area contributed by atoms with Crippen LogP contribution in [0.25, 0.3) is 0 Å². The Balaban J connectivity index is 1.72. The van der Waals surface area contributed by atoms with Crippen molar-refractivity contribution in [1.82, 2.24) is 9.88 Å². The number of likely N-dealkylation sites (tertiary alicyclic amines) is 1. The first kappa shape index (κ1) is 20.8. The number of thiophene rings is 1. The molecule has 3 heterocycles. The normalized spacial score (nSPS) is 16.7. The summed E-state index contributed by atoms with van der Waals surface area (Å²) >= 11 is 1.73. The Kier molecular flexibility index (Phi) is 7.42. The highest BCUT2D eigenvalue weighted by atomic mass is 32.1. The molecule has 0 unspecified atom stereocenters. The molecule has 1 saturated heterocycles. The Morgan fingerprint density at radius 2 is 2.18 bits per heavy atom. The lowest BCUT2D eigenvalue weighted by Crippen LogP contribution is -2.47. The van der Waals surface area contributed by atoms with Crippen molar-refractivity contribution in [3.8, 4) is 0 Å². The monoisotopic (exact) mass is 401 g/mol. The van der Waals surface area contributed by atoms with Crippen LogP contribution in [-0.4, -0.2) is 47.5 Å². The molecule has 3 rings (SSSR count). The minimum atomic E-state index is -0.102. The third kappa shape index (κ3) is 5.53. The predicted octanol–water partition coefficient (Wildman–Crippen LogP) is 3.31. The van der Waals surface area contributed by atoms with E-state index in [0.717, 1.165) is 51.1 Å². The van der Waals surface area contributed by atoms with Crippen molar-refractivity contribution in [3.63, 3.8) is 0 Å². The average Bonchev–Trinajstić information content (AvgIpc) is 3.20. The van der Waals surface area contributed by atoms with Crippen molar-refractivity contribution < 1.29 is 4.79 Å². The molecule has 7 heteroatoms. The van der Waals surface area contributed by atoms with E-state index in [4.69, 9.17) is 5.73 Å². The van der Waals surface area contributed by atoms with Crippen LogP contribution in [0.1, 0.15) is 38.7 Å². The summed E-state index contributed by atoms with van der Waals surface area (Å²) in [6.45, 7) is 7.61. The Morgan fingerprint density at radius 3 is 2.75 bits per heavy atom. The highest BCUT2D eigenvalue weighted by molar-refractivity contribution is 7.07. The quantitative estimate of drug-likeness (QED) is 0.710. The Hall–Kier alpha value is -1.96. The van der Waals surface area contributed by atoms with Gasteiger partial charge in [-0.3, -0.25) is 4.79 Å². The van der Waals surface area contributed by atoms with Crippen molar-refractivity contribution in [2.45, 2.75) is 51.7 Å². The first-order valence-electron chi connectivity index (χ1n) is 10.0. The van der Waals surface area contributed by atoms with Gasteiger partial charge in [0.1, 0.15) is 5.82 Å². The first-order chi connectivity index (χ1) is 13.6. The van der Waals surface area contributed by atoms with Gasteiger partial charge in [-0.1, -0.05) is 0 Å². The van der Waals surface area contributed by atoms with Crippen LogP contribution in [0.5, 0.6) is 0 Å². The van der Waals surface area contributed by atoms with Crippen molar-refractivity contribution in [3.05, 3.63) is 40.7 Å². The van der Waals surface area contributed by atoms with E-state index >= 15 is 0 Å². The summed E-state index contributed by atoms with van der Waals surface area (Å²) in [4.78, 5) is 20.7. The number of nitrogens with two attached hydrogens (primary N) is 1. The van der Waals surface area contributed by atoms with E-state index in [0.29, 0.717) is 17.9 Å². The van der Waals surface area contributed by atoms with Crippen LogP contribution in [0.3, 0.4) is 0 Å². The summed E-state index contributed by atoms with van der Waals surface area (Å²) in [5.41, 5.74) is 8.17. The summed E-state index contributed by atoms with van der Waals surface area (Å²) in [7, 11) is 0. The summed E-state index contributed by atoms with van der Waals surface area (Å²) in [6, 6.07) is 7.17. The molecule has 0 spiro atoms. The van der Waals surface area contributed by atoms with Crippen LogP contribution in [0.4, 0.5) is 11.5 Å². The number of carbonyl (C=O) groups excluding carboxylic acids is 1. The molecule has 0 radical (unpaired) electrons. The lowest BCUT2D eigenvalue weighted by Gasteiger charge is -2.41. The van der Waals surface area contributed by atoms with Crippen molar-refractivity contribution in [1.29, 1.82) is 0 Å². The van der Waals surface area contributed by atoms with Gasteiger partial charge in [0.05, 0.1) is 11.9 Å². The number of nitrogens with one attached hydrogen (secondary N) is 1. The predicted molar refractivity (Wildman–Crippen MR) is 117 cm³/mol.